The van der Waals surface area contributed by atoms with E-state index in [1.165, 1.54) is 24.3 Å². The van der Waals surface area contributed by atoms with Gasteiger partial charge in [0.05, 0.1) is 13.2 Å². The number of benzene rings is 2. The molecule has 8 heteroatoms. The average Bonchev–Trinajstić information content (AvgIpc) is 2.78. The third-order valence-electron chi connectivity index (χ3n) is 4.84. The van der Waals surface area contributed by atoms with E-state index in [1.54, 1.807) is 34.1 Å². The number of nitrogens with zero attached hydrogens (tertiary/aromatic N) is 2. The van der Waals surface area contributed by atoms with E-state index >= 15 is 0 Å². The van der Waals surface area contributed by atoms with Crippen LogP contribution >= 0.6 is 0 Å². The van der Waals surface area contributed by atoms with Crippen LogP contribution in [0.4, 0.5) is 4.39 Å². The van der Waals surface area contributed by atoms with Gasteiger partial charge in [-0.25, -0.2) is 4.39 Å². The van der Waals surface area contributed by atoms with Gasteiger partial charge in [-0.05, 0) is 55.5 Å². The van der Waals surface area contributed by atoms with Crippen LogP contribution in [-0.4, -0.2) is 66.9 Å². The smallest absolute Gasteiger partial charge is 0.253 e. The van der Waals surface area contributed by atoms with E-state index < -0.39 is 5.82 Å². The summed E-state index contributed by atoms with van der Waals surface area (Å²) in [5, 5.41) is 2.63. The predicted octanol–water partition coefficient (Wildman–Crippen LogP) is 1.94. The third-order valence-corrected chi connectivity index (χ3v) is 4.84. The molecule has 2 aromatic rings. The van der Waals surface area contributed by atoms with Gasteiger partial charge in [-0.3, -0.25) is 14.4 Å². The van der Waals surface area contributed by atoms with Crippen molar-refractivity contribution in [2.75, 3.05) is 39.3 Å². The molecule has 1 fully saturated rings. The fourth-order valence-corrected chi connectivity index (χ4v) is 3.17. The van der Waals surface area contributed by atoms with Crippen LogP contribution < -0.4 is 10.1 Å². The number of amides is 3. The Morgan fingerprint density at radius 3 is 2.07 bits per heavy atom. The molecule has 0 unspecified atom stereocenters. The predicted molar refractivity (Wildman–Crippen MR) is 109 cm³/mol. The largest absolute Gasteiger partial charge is 0.494 e. The zero-order valence-corrected chi connectivity index (χ0v) is 16.8. The van der Waals surface area contributed by atoms with Gasteiger partial charge < -0.3 is 19.9 Å². The molecule has 0 atom stereocenters. The van der Waals surface area contributed by atoms with Crippen molar-refractivity contribution in [3.05, 3.63) is 65.5 Å². The minimum Gasteiger partial charge on any atom is -0.494 e. The highest BCUT2D eigenvalue weighted by Crippen LogP contribution is 2.12. The Kier molecular flexibility index (Phi) is 7.00. The lowest BCUT2D eigenvalue weighted by Gasteiger charge is -2.34. The molecule has 1 heterocycles. The molecule has 0 spiro atoms. The molecular formula is C22H24FN3O4. The van der Waals surface area contributed by atoms with E-state index in [0.717, 1.165) is 0 Å². The van der Waals surface area contributed by atoms with Gasteiger partial charge in [0.2, 0.25) is 5.91 Å². The second-order valence-electron chi connectivity index (χ2n) is 6.82. The minimum absolute atomic E-state index is 0.113. The Labute approximate surface area is 174 Å². The van der Waals surface area contributed by atoms with E-state index in [9.17, 15) is 18.8 Å². The van der Waals surface area contributed by atoms with Crippen molar-refractivity contribution in [1.82, 2.24) is 15.1 Å². The molecule has 1 N–H and O–H groups in total. The number of halogens is 1. The Bertz CT molecular complexity index is 892. The highest BCUT2D eigenvalue weighted by molar-refractivity contribution is 5.97. The van der Waals surface area contributed by atoms with Crippen molar-refractivity contribution in [3.63, 3.8) is 0 Å². The van der Waals surface area contributed by atoms with Crippen molar-refractivity contribution in [2.24, 2.45) is 0 Å². The van der Waals surface area contributed by atoms with Gasteiger partial charge >= 0.3 is 0 Å². The lowest BCUT2D eigenvalue weighted by molar-refractivity contribution is -0.131. The number of hydrogen-bond donors (Lipinski definition) is 1. The van der Waals surface area contributed by atoms with Crippen molar-refractivity contribution in [1.29, 1.82) is 0 Å². The van der Waals surface area contributed by atoms with Crippen molar-refractivity contribution < 1.29 is 23.5 Å². The lowest BCUT2D eigenvalue weighted by atomic mass is 10.1. The normalized spacial score (nSPS) is 13.7. The first-order valence-corrected chi connectivity index (χ1v) is 9.81. The standard InChI is InChI=1S/C22H24FN3O4/c1-2-30-19-9-5-16(6-10-19)21(28)24-15-20(27)25-11-13-26(14-12-25)22(29)17-3-7-18(23)8-4-17/h3-10H,2,11-15H2,1H3,(H,24,28). The Morgan fingerprint density at radius 2 is 1.47 bits per heavy atom. The van der Waals surface area contributed by atoms with Gasteiger partial charge in [0.25, 0.3) is 11.8 Å². The van der Waals surface area contributed by atoms with Gasteiger partial charge in [0.15, 0.2) is 0 Å². The summed E-state index contributed by atoms with van der Waals surface area (Å²) in [5.74, 6) is -0.446. The molecule has 158 valence electrons. The summed E-state index contributed by atoms with van der Waals surface area (Å²) in [7, 11) is 0. The molecular weight excluding hydrogens is 389 g/mol. The molecule has 3 rings (SSSR count). The van der Waals surface area contributed by atoms with E-state index in [1.807, 2.05) is 6.92 Å². The number of piperazine rings is 1. The van der Waals surface area contributed by atoms with Gasteiger partial charge in [-0.2, -0.15) is 0 Å². The summed E-state index contributed by atoms with van der Waals surface area (Å²) in [6, 6.07) is 12.1. The Morgan fingerprint density at radius 1 is 0.900 bits per heavy atom. The molecule has 3 amide bonds. The van der Waals surface area contributed by atoms with E-state index in [-0.39, 0.29) is 24.3 Å². The average molecular weight is 413 g/mol. The number of rotatable bonds is 6. The van der Waals surface area contributed by atoms with Crippen LogP contribution in [0.15, 0.2) is 48.5 Å². The molecule has 7 nitrogen and oxygen atoms in total. The maximum absolute atomic E-state index is 13.0. The molecule has 1 aliphatic heterocycles. The molecule has 0 radical (unpaired) electrons. The summed E-state index contributed by atoms with van der Waals surface area (Å²) in [4.78, 5) is 40.3. The van der Waals surface area contributed by atoms with E-state index in [2.05, 4.69) is 5.32 Å². The second-order valence-corrected chi connectivity index (χ2v) is 6.82. The zero-order chi connectivity index (χ0) is 21.5. The minimum atomic E-state index is -0.394. The van der Waals surface area contributed by atoms with Gasteiger partial charge in [-0.1, -0.05) is 0 Å². The number of carbonyl (C=O) groups excluding carboxylic acids is 3. The first-order valence-electron chi connectivity index (χ1n) is 9.81. The molecule has 30 heavy (non-hydrogen) atoms. The summed E-state index contributed by atoms with van der Waals surface area (Å²) < 4.78 is 18.4. The van der Waals surface area contributed by atoms with Crippen LogP contribution in [0.25, 0.3) is 0 Å². The van der Waals surface area contributed by atoms with Crippen LogP contribution in [0.3, 0.4) is 0 Å². The summed E-state index contributed by atoms with van der Waals surface area (Å²) in [5.41, 5.74) is 0.861. The first-order chi connectivity index (χ1) is 14.5. The molecule has 0 aromatic heterocycles. The number of hydrogen-bond acceptors (Lipinski definition) is 4. The van der Waals surface area contributed by atoms with Crippen LogP contribution in [0, 0.1) is 5.82 Å². The van der Waals surface area contributed by atoms with Crippen LogP contribution in [0.1, 0.15) is 27.6 Å². The topological polar surface area (TPSA) is 79.0 Å². The first kappa shape index (κ1) is 21.3. The van der Waals surface area contributed by atoms with Crippen LogP contribution in [0.5, 0.6) is 5.75 Å². The molecule has 0 bridgehead atoms. The van der Waals surface area contributed by atoms with Gasteiger partial charge in [0.1, 0.15) is 11.6 Å². The summed E-state index contributed by atoms with van der Waals surface area (Å²) >= 11 is 0. The second kappa shape index (κ2) is 9.87. The van der Waals surface area contributed by atoms with Crippen molar-refractivity contribution >= 4 is 17.7 Å². The molecule has 0 saturated carbocycles. The number of nitrogens with one attached hydrogen (secondary N) is 1. The van der Waals surface area contributed by atoms with E-state index in [0.29, 0.717) is 49.7 Å². The number of carbonyl (C=O) groups is 3. The molecule has 0 aliphatic carbocycles. The fraction of sp³-hybridized carbons (Fsp3) is 0.318. The van der Waals surface area contributed by atoms with Gasteiger partial charge in [-0.15, -0.1) is 0 Å². The number of ether oxygens (including phenoxy) is 1. The van der Waals surface area contributed by atoms with Crippen LogP contribution in [0.2, 0.25) is 0 Å². The van der Waals surface area contributed by atoms with Gasteiger partial charge in [0, 0.05) is 37.3 Å². The zero-order valence-electron chi connectivity index (χ0n) is 16.8. The monoisotopic (exact) mass is 413 g/mol. The van der Waals surface area contributed by atoms with Crippen LogP contribution in [-0.2, 0) is 4.79 Å². The quantitative estimate of drug-likeness (QED) is 0.785. The Hall–Kier alpha value is -3.42. The maximum Gasteiger partial charge on any atom is 0.253 e. The SMILES string of the molecule is CCOc1ccc(C(=O)NCC(=O)N2CCN(C(=O)c3ccc(F)cc3)CC2)cc1. The van der Waals surface area contributed by atoms with Crippen molar-refractivity contribution in [3.8, 4) is 5.75 Å². The maximum atomic E-state index is 13.0. The summed E-state index contributed by atoms with van der Waals surface area (Å²) in [6.07, 6.45) is 0. The molecule has 1 saturated heterocycles. The summed E-state index contributed by atoms with van der Waals surface area (Å²) in [6.45, 7) is 3.84. The highest BCUT2D eigenvalue weighted by Gasteiger charge is 2.25. The molecule has 1 aliphatic rings. The third kappa shape index (κ3) is 5.34. The fourth-order valence-electron chi connectivity index (χ4n) is 3.17. The lowest BCUT2D eigenvalue weighted by Crippen LogP contribution is -2.52. The van der Waals surface area contributed by atoms with E-state index in [4.69, 9.17) is 4.74 Å². The van der Waals surface area contributed by atoms with Crippen molar-refractivity contribution in [2.45, 2.75) is 6.92 Å². The Balaban J connectivity index is 1.45. The highest BCUT2D eigenvalue weighted by atomic mass is 19.1. The molecule has 2 aromatic carbocycles.